The summed E-state index contributed by atoms with van der Waals surface area (Å²) in [6.45, 7) is 7.86. The van der Waals surface area contributed by atoms with Crippen molar-refractivity contribution in [3.05, 3.63) is 35.4 Å². The van der Waals surface area contributed by atoms with Crippen LogP contribution in [0.25, 0.3) is 0 Å². The number of fused-ring (bicyclic) bond motifs is 1. The molecule has 0 saturated carbocycles. The normalized spacial score (nSPS) is 28.8. The Balaban J connectivity index is 2.37. The molecular weight excluding hydrogens is 214 g/mol. The van der Waals surface area contributed by atoms with Crippen molar-refractivity contribution in [2.75, 3.05) is 6.54 Å². The van der Waals surface area contributed by atoms with Crippen LogP contribution in [-0.2, 0) is 0 Å². The van der Waals surface area contributed by atoms with Crippen LogP contribution in [-0.4, -0.2) is 11.8 Å². The molecule has 1 N–H and O–H groups in total. The number of rotatable bonds is 3. The maximum absolute atomic E-state index is 3.64. The van der Waals surface area contributed by atoms with Gasteiger partial charge in [0, 0.05) is 16.5 Å². The minimum atomic E-state index is 0.535. The number of hydrogen-bond acceptors (Lipinski definition) is 2. The molecule has 0 amide bonds. The summed E-state index contributed by atoms with van der Waals surface area (Å²) < 4.78 is 0. The molecule has 2 heteroatoms. The predicted molar refractivity (Wildman–Crippen MR) is 72.9 cm³/mol. The first-order valence-corrected chi connectivity index (χ1v) is 7.19. The Labute approximate surface area is 103 Å². The first-order valence-electron chi connectivity index (χ1n) is 6.25. The van der Waals surface area contributed by atoms with Crippen molar-refractivity contribution in [1.29, 1.82) is 0 Å². The second kappa shape index (κ2) is 5.24. The van der Waals surface area contributed by atoms with E-state index in [0.717, 1.165) is 6.54 Å². The summed E-state index contributed by atoms with van der Waals surface area (Å²) in [7, 11) is 0. The highest BCUT2D eigenvalue weighted by Gasteiger charge is 2.31. The third-order valence-corrected chi connectivity index (χ3v) is 4.96. The van der Waals surface area contributed by atoms with Crippen LogP contribution in [0, 0.1) is 0 Å². The molecule has 0 aromatic heterocycles. The molecule has 0 fully saturated rings. The molecule has 3 atom stereocenters. The average molecular weight is 235 g/mol. The van der Waals surface area contributed by atoms with E-state index in [1.807, 2.05) is 0 Å². The first-order chi connectivity index (χ1) is 7.77. The molecule has 1 nitrogen and oxygen atoms in total. The molecule has 16 heavy (non-hydrogen) atoms. The minimum absolute atomic E-state index is 0.535. The van der Waals surface area contributed by atoms with Crippen molar-refractivity contribution in [3.8, 4) is 0 Å². The van der Waals surface area contributed by atoms with Crippen LogP contribution in [0.4, 0.5) is 0 Å². The van der Waals surface area contributed by atoms with Gasteiger partial charge in [0.25, 0.3) is 0 Å². The molecule has 1 aliphatic heterocycles. The van der Waals surface area contributed by atoms with Crippen LogP contribution in [0.2, 0.25) is 0 Å². The molecule has 1 heterocycles. The van der Waals surface area contributed by atoms with E-state index in [0.29, 0.717) is 16.5 Å². The van der Waals surface area contributed by atoms with Crippen molar-refractivity contribution in [2.45, 2.75) is 43.7 Å². The molecule has 88 valence electrons. The lowest BCUT2D eigenvalue weighted by atomic mass is 9.94. The summed E-state index contributed by atoms with van der Waals surface area (Å²) >= 11 is 2.11. The molecule has 1 aromatic carbocycles. The van der Waals surface area contributed by atoms with E-state index in [1.165, 1.54) is 17.5 Å². The molecule has 0 radical (unpaired) electrons. The van der Waals surface area contributed by atoms with Gasteiger partial charge in [-0.1, -0.05) is 38.1 Å². The summed E-state index contributed by atoms with van der Waals surface area (Å²) in [6, 6.07) is 9.43. The van der Waals surface area contributed by atoms with Crippen LogP contribution < -0.4 is 5.32 Å². The minimum Gasteiger partial charge on any atom is -0.309 e. The number of thioether (sulfide) groups is 1. The van der Waals surface area contributed by atoms with Gasteiger partial charge in [0.1, 0.15) is 0 Å². The fourth-order valence-corrected chi connectivity index (χ4v) is 4.05. The molecular formula is C14H21NS. The van der Waals surface area contributed by atoms with E-state index in [2.05, 4.69) is 62.1 Å². The van der Waals surface area contributed by atoms with Crippen LogP contribution in [0.5, 0.6) is 0 Å². The van der Waals surface area contributed by atoms with Gasteiger partial charge in [-0.3, -0.25) is 0 Å². The van der Waals surface area contributed by atoms with Crippen molar-refractivity contribution in [3.63, 3.8) is 0 Å². The van der Waals surface area contributed by atoms with Gasteiger partial charge in [0.05, 0.1) is 0 Å². The molecule has 3 unspecified atom stereocenters. The van der Waals surface area contributed by atoms with Gasteiger partial charge in [-0.25, -0.2) is 0 Å². The summed E-state index contributed by atoms with van der Waals surface area (Å²) in [5.41, 5.74) is 3.03. The average Bonchev–Trinajstić information content (AvgIpc) is 2.33. The lowest BCUT2D eigenvalue weighted by Gasteiger charge is -2.36. The quantitative estimate of drug-likeness (QED) is 0.852. The Morgan fingerprint density at radius 2 is 1.88 bits per heavy atom. The van der Waals surface area contributed by atoms with E-state index in [1.54, 1.807) is 0 Å². The second-order valence-corrected chi connectivity index (χ2v) is 5.97. The van der Waals surface area contributed by atoms with Gasteiger partial charge in [-0.05, 0) is 31.0 Å². The molecule has 0 bridgehead atoms. The maximum atomic E-state index is 3.64. The van der Waals surface area contributed by atoms with Crippen LogP contribution in [0.15, 0.2) is 24.3 Å². The summed E-state index contributed by atoms with van der Waals surface area (Å²) in [5, 5.41) is 4.99. The molecule has 2 rings (SSSR count). The molecule has 0 aliphatic carbocycles. The standard InChI is InChI=1S/C14H21NS/c1-4-13-14(15-5-2)12-9-7-6-8-11(12)10(3)16-13/h6-10,13-15H,4-5H2,1-3H3. The van der Waals surface area contributed by atoms with E-state index in [9.17, 15) is 0 Å². The monoisotopic (exact) mass is 235 g/mol. The van der Waals surface area contributed by atoms with E-state index in [4.69, 9.17) is 0 Å². The van der Waals surface area contributed by atoms with Crippen molar-refractivity contribution < 1.29 is 0 Å². The van der Waals surface area contributed by atoms with Crippen LogP contribution in [0.3, 0.4) is 0 Å². The summed E-state index contributed by atoms with van der Waals surface area (Å²) in [4.78, 5) is 0. The van der Waals surface area contributed by atoms with E-state index in [-0.39, 0.29) is 0 Å². The molecule has 1 aliphatic rings. The fraction of sp³-hybridized carbons (Fsp3) is 0.571. The number of hydrogen-bond donors (Lipinski definition) is 1. The third-order valence-electron chi connectivity index (χ3n) is 3.35. The molecule has 0 saturated heterocycles. The maximum Gasteiger partial charge on any atom is 0.0443 e. The van der Waals surface area contributed by atoms with Crippen molar-refractivity contribution >= 4 is 11.8 Å². The van der Waals surface area contributed by atoms with Crippen LogP contribution >= 0.6 is 11.8 Å². The number of benzene rings is 1. The Hall–Kier alpha value is -0.470. The first kappa shape index (κ1) is 12.0. The van der Waals surface area contributed by atoms with Gasteiger partial charge in [0.15, 0.2) is 0 Å². The highest BCUT2D eigenvalue weighted by atomic mass is 32.2. The lowest BCUT2D eigenvalue weighted by molar-refractivity contribution is 0.510. The third kappa shape index (κ3) is 2.14. The van der Waals surface area contributed by atoms with Gasteiger partial charge in [0.2, 0.25) is 0 Å². The van der Waals surface area contributed by atoms with Crippen molar-refractivity contribution in [2.24, 2.45) is 0 Å². The Morgan fingerprint density at radius 3 is 2.50 bits per heavy atom. The topological polar surface area (TPSA) is 12.0 Å². The summed E-state index contributed by atoms with van der Waals surface area (Å²) in [5.74, 6) is 0. The Morgan fingerprint density at radius 1 is 1.19 bits per heavy atom. The largest absolute Gasteiger partial charge is 0.309 e. The Bertz CT molecular complexity index is 350. The summed E-state index contributed by atoms with van der Waals surface area (Å²) in [6.07, 6.45) is 1.24. The zero-order chi connectivity index (χ0) is 11.5. The Kier molecular flexibility index (Phi) is 3.93. The zero-order valence-electron chi connectivity index (χ0n) is 10.4. The molecule has 0 spiro atoms. The zero-order valence-corrected chi connectivity index (χ0v) is 11.2. The second-order valence-electron chi connectivity index (χ2n) is 4.39. The van der Waals surface area contributed by atoms with E-state index < -0.39 is 0 Å². The fourth-order valence-electron chi connectivity index (χ4n) is 2.57. The highest BCUT2D eigenvalue weighted by Crippen LogP contribution is 2.46. The van der Waals surface area contributed by atoms with Gasteiger partial charge >= 0.3 is 0 Å². The molecule has 1 aromatic rings. The van der Waals surface area contributed by atoms with Crippen molar-refractivity contribution in [1.82, 2.24) is 5.32 Å². The highest BCUT2D eigenvalue weighted by molar-refractivity contribution is 8.00. The lowest BCUT2D eigenvalue weighted by Crippen LogP contribution is -2.33. The van der Waals surface area contributed by atoms with Gasteiger partial charge in [-0.2, -0.15) is 0 Å². The smallest absolute Gasteiger partial charge is 0.0443 e. The number of nitrogens with one attached hydrogen (secondary N) is 1. The predicted octanol–water partition coefficient (Wildman–Crippen LogP) is 3.92. The van der Waals surface area contributed by atoms with Gasteiger partial charge < -0.3 is 5.32 Å². The van der Waals surface area contributed by atoms with E-state index >= 15 is 0 Å². The van der Waals surface area contributed by atoms with Crippen LogP contribution in [0.1, 0.15) is 49.6 Å². The van der Waals surface area contributed by atoms with Gasteiger partial charge in [-0.15, -0.1) is 11.8 Å². The SMILES string of the molecule is CCNC1c2ccccc2C(C)SC1CC.